The molecular formula is C6H13N3O. The molecule has 1 aliphatic heterocycles. The van der Waals surface area contributed by atoms with E-state index < -0.39 is 0 Å². The van der Waals surface area contributed by atoms with Gasteiger partial charge in [-0.05, 0) is 13.0 Å². The summed E-state index contributed by atoms with van der Waals surface area (Å²) in [6.07, 6.45) is 0.947. The first-order valence-corrected chi connectivity index (χ1v) is 3.41. The molecule has 1 rings (SSSR count). The zero-order chi connectivity index (χ0) is 7.40. The van der Waals surface area contributed by atoms with Gasteiger partial charge in [-0.2, -0.15) is 0 Å². The maximum absolute atomic E-state index is 5.71. The average Bonchev–Trinajstić information content (AvgIpc) is 1.94. The molecule has 10 heavy (non-hydrogen) atoms. The first-order valence-electron chi connectivity index (χ1n) is 3.41. The number of nitrogens with two attached hydrogens (primary N) is 1. The fraction of sp³-hybridized carbons (Fsp3) is 0.833. The largest absolute Gasteiger partial charge is 0.399 e. The molecule has 0 bridgehead atoms. The van der Waals surface area contributed by atoms with Gasteiger partial charge in [-0.3, -0.25) is 0 Å². The Morgan fingerprint density at radius 3 is 3.20 bits per heavy atom. The Labute approximate surface area is 60.4 Å². The molecule has 1 saturated heterocycles. The van der Waals surface area contributed by atoms with Crippen molar-refractivity contribution in [1.82, 2.24) is 5.32 Å². The highest BCUT2D eigenvalue weighted by Crippen LogP contribution is 1.96. The van der Waals surface area contributed by atoms with Crippen molar-refractivity contribution in [3.8, 4) is 0 Å². The number of nitrogens with one attached hydrogen (secondary N) is 1. The van der Waals surface area contributed by atoms with E-state index in [-0.39, 0.29) is 6.04 Å². The number of piperidine rings is 1. The molecule has 0 amide bonds. The molecule has 4 heteroatoms. The van der Waals surface area contributed by atoms with Gasteiger partial charge >= 0.3 is 0 Å². The normalized spacial score (nSPS) is 30.6. The van der Waals surface area contributed by atoms with E-state index in [9.17, 15) is 0 Å². The van der Waals surface area contributed by atoms with Crippen LogP contribution in [0.4, 0.5) is 0 Å². The zero-order valence-electron chi connectivity index (χ0n) is 6.13. The molecule has 3 N–H and O–H groups in total. The fourth-order valence-corrected chi connectivity index (χ4v) is 0.989. The summed E-state index contributed by atoms with van der Waals surface area (Å²) in [7, 11) is 1.54. The molecule has 0 aromatic rings. The first kappa shape index (κ1) is 7.50. The number of hydrogen-bond donors (Lipinski definition) is 2. The molecule has 0 aromatic carbocycles. The Morgan fingerprint density at radius 1 is 1.80 bits per heavy atom. The van der Waals surface area contributed by atoms with E-state index in [4.69, 9.17) is 5.73 Å². The van der Waals surface area contributed by atoms with E-state index >= 15 is 0 Å². The standard InChI is InChI=1S/C6H13N3O/c1-10-9-6-4-8-3-2-5(6)7/h5,8H,2-4,7H2,1H3/b9-6+. The molecule has 0 saturated carbocycles. The van der Waals surface area contributed by atoms with Crippen molar-refractivity contribution in [2.24, 2.45) is 10.9 Å². The number of rotatable bonds is 1. The lowest BCUT2D eigenvalue weighted by molar-refractivity contribution is 0.210. The quantitative estimate of drug-likeness (QED) is 0.478. The Balaban J connectivity index is 2.47. The number of nitrogens with zero attached hydrogens (tertiary/aromatic N) is 1. The van der Waals surface area contributed by atoms with E-state index in [0.29, 0.717) is 0 Å². The number of hydrogen-bond acceptors (Lipinski definition) is 4. The topological polar surface area (TPSA) is 59.6 Å². The number of oxime groups is 1. The van der Waals surface area contributed by atoms with Crippen LogP contribution in [-0.4, -0.2) is 32.0 Å². The van der Waals surface area contributed by atoms with Crippen molar-refractivity contribution in [1.29, 1.82) is 0 Å². The Bertz CT molecular complexity index is 135. The molecule has 0 aromatic heterocycles. The van der Waals surface area contributed by atoms with Crippen molar-refractivity contribution in [2.75, 3.05) is 20.2 Å². The van der Waals surface area contributed by atoms with Crippen molar-refractivity contribution in [3.05, 3.63) is 0 Å². The summed E-state index contributed by atoms with van der Waals surface area (Å²) in [4.78, 5) is 4.62. The fourth-order valence-electron chi connectivity index (χ4n) is 0.989. The molecular weight excluding hydrogens is 130 g/mol. The maximum atomic E-state index is 5.71. The third-order valence-electron chi connectivity index (χ3n) is 1.57. The van der Waals surface area contributed by atoms with Gasteiger partial charge in [-0.15, -0.1) is 0 Å². The summed E-state index contributed by atoms with van der Waals surface area (Å²) in [5.74, 6) is 0. The SMILES string of the molecule is CO/N=C1\CNCCC1N. The lowest BCUT2D eigenvalue weighted by atomic mass is 10.1. The summed E-state index contributed by atoms with van der Waals surface area (Å²) in [6, 6.07) is 0.0844. The second-order valence-corrected chi connectivity index (χ2v) is 2.34. The monoisotopic (exact) mass is 143 g/mol. The summed E-state index contributed by atoms with van der Waals surface area (Å²) < 4.78 is 0. The summed E-state index contributed by atoms with van der Waals surface area (Å²) in [6.45, 7) is 1.74. The highest BCUT2D eigenvalue weighted by Gasteiger charge is 2.15. The molecule has 1 aliphatic rings. The highest BCUT2D eigenvalue weighted by molar-refractivity contribution is 5.91. The highest BCUT2D eigenvalue weighted by atomic mass is 16.6. The van der Waals surface area contributed by atoms with Gasteiger partial charge in [0.25, 0.3) is 0 Å². The van der Waals surface area contributed by atoms with E-state index in [1.807, 2.05) is 0 Å². The van der Waals surface area contributed by atoms with Crippen LogP contribution in [0.3, 0.4) is 0 Å². The van der Waals surface area contributed by atoms with Gasteiger partial charge in [-0.1, -0.05) is 5.16 Å². The molecule has 1 fully saturated rings. The van der Waals surface area contributed by atoms with Crippen molar-refractivity contribution < 1.29 is 4.84 Å². The van der Waals surface area contributed by atoms with Gasteiger partial charge in [0.1, 0.15) is 7.11 Å². The van der Waals surface area contributed by atoms with Gasteiger partial charge in [0.15, 0.2) is 0 Å². The Hall–Kier alpha value is -0.610. The van der Waals surface area contributed by atoms with E-state index in [2.05, 4.69) is 15.3 Å². The van der Waals surface area contributed by atoms with Crippen LogP contribution in [0.5, 0.6) is 0 Å². The van der Waals surface area contributed by atoms with Crippen LogP contribution in [0.2, 0.25) is 0 Å². The zero-order valence-corrected chi connectivity index (χ0v) is 6.13. The average molecular weight is 143 g/mol. The minimum absolute atomic E-state index is 0.0844. The molecule has 0 radical (unpaired) electrons. The van der Waals surface area contributed by atoms with Crippen LogP contribution < -0.4 is 11.1 Å². The predicted octanol–water partition coefficient (Wildman–Crippen LogP) is -0.691. The Kier molecular flexibility index (Phi) is 2.65. The molecule has 1 unspecified atom stereocenters. The lowest BCUT2D eigenvalue weighted by Gasteiger charge is -2.19. The minimum atomic E-state index is 0.0844. The smallest absolute Gasteiger partial charge is 0.106 e. The van der Waals surface area contributed by atoms with Crippen LogP contribution in [0.1, 0.15) is 6.42 Å². The Morgan fingerprint density at radius 2 is 2.60 bits per heavy atom. The molecule has 1 atom stereocenters. The summed E-state index contributed by atoms with van der Waals surface area (Å²) in [5, 5.41) is 6.95. The van der Waals surface area contributed by atoms with Gasteiger partial charge < -0.3 is 15.9 Å². The van der Waals surface area contributed by atoms with Crippen LogP contribution in [-0.2, 0) is 4.84 Å². The van der Waals surface area contributed by atoms with Gasteiger partial charge in [0, 0.05) is 12.6 Å². The molecule has 0 spiro atoms. The second kappa shape index (κ2) is 3.53. The first-order chi connectivity index (χ1) is 4.84. The summed E-state index contributed by atoms with van der Waals surface area (Å²) in [5.41, 5.74) is 6.63. The maximum Gasteiger partial charge on any atom is 0.106 e. The lowest BCUT2D eigenvalue weighted by Crippen LogP contribution is -2.45. The van der Waals surface area contributed by atoms with Gasteiger partial charge in [-0.25, -0.2) is 0 Å². The minimum Gasteiger partial charge on any atom is -0.399 e. The van der Waals surface area contributed by atoms with E-state index in [1.54, 1.807) is 0 Å². The van der Waals surface area contributed by atoms with Crippen LogP contribution >= 0.6 is 0 Å². The van der Waals surface area contributed by atoms with Crippen molar-refractivity contribution in [3.63, 3.8) is 0 Å². The van der Waals surface area contributed by atoms with Gasteiger partial charge in [0.2, 0.25) is 0 Å². The van der Waals surface area contributed by atoms with Crippen molar-refractivity contribution >= 4 is 5.71 Å². The van der Waals surface area contributed by atoms with Crippen LogP contribution in [0.25, 0.3) is 0 Å². The molecule has 4 nitrogen and oxygen atoms in total. The summed E-state index contributed by atoms with van der Waals surface area (Å²) >= 11 is 0. The van der Waals surface area contributed by atoms with Crippen LogP contribution in [0, 0.1) is 0 Å². The van der Waals surface area contributed by atoms with Gasteiger partial charge in [0.05, 0.1) is 5.71 Å². The van der Waals surface area contributed by atoms with E-state index in [1.165, 1.54) is 7.11 Å². The van der Waals surface area contributed by atoms with Crippen LogP contribution in [0.15, 0.2) is 5.16 Å². The van der Waals surface area contributed by atoms with E-state index in [0.717, 1.165) is 25.2 Å². The third-order valence-corrected chi connectivity index (χ3v) is 1.57. The van der Waals surface area contributed by atoms with Crippen molar-refractivity contribution in [2.45, 2.75) is 12.5 Å². The molecule has 58 valence electrons. The predicted molar refractivity (Wildman–Crippen MR) is 39.9 cm³/mol. The molecule has 0 aliphatic carbocycles. The second-order valence-electron chi connectivity index (χ2n) is 2.34. The third kappa shape index (κ3) is 1.68. The molecule has 1 heterocycles.